The smallest absolute Gasteiger partial charge is 0.203 e. The van der Waals surface area contributed by atoms with Crippen molar-refractivity contribution in [3.63, 3.8) is 0 Å². The number of nitrogens with one attached hydrogen (secondary N) is 2. The predicted octanol–water partition coefficient (Wildman–Crippen LogP) is 3.75. The number of halogens is 1. The molecular weight excluding hydrogens is 292 g/mol. The van der Waals surface area contributed by atoms with Gasteiger partial charge in [-0.1, -0.05) is 48.0 Å². The zero-order chi connectivity index (χ0) is 15.2. The van der Waals surface area contributed by atoms with Crippen molar-refractivity contribution in [2.45, 2.75) is 12.8 Å². The van der Waals surface area contributed by atoms with Gasteiger partial charge in [0.15, 0.2) is 6.21 Å². The van der Waals surface area contributed by atoms with E-state index in [-0.39, 0.29) is 0 Å². The molecular formula is C19H18ClN2+. The Bertz CT molecular complexity index is 716. The van der Waals surface area contributed by atoms with E-state index < -0.39 is 0 Å². The van der Waals surface area contributed by atoms with E-state index in [0.29, 0.717) is 0 Å². The van der Waals surface area contributed by atoms with Gasteiger partial charge in [-0.2, -0.15) is 0 Å². The third kappa shape index (κ3) is 3.66. The van der Waals surface area contributed by atoms with E-state index in [1.54, 1.807) is 0 Å². The van der Waals surface area contributed by atoms with Crippen molar-refractivity contribution in [3.8, 4) is 0 Å². The van der Waals surface area contributed by atoms with Crippen LogP contribution in [0.4, 0.5) is 11.4 Å². The highest BCUT2D eigenvalue weighted by Gasteiger charge is 2.18. The lowest BCUT2D eigenvalue weighted by molar-refractivity contribution is -0.347. The van der Waals surface area contributed by atoms with Gasteiger partial charge in [0.1, 0.15) is 0 Å². The second kappa shape index (κ2) is 7.10. The molecule has 0 amide bonds. The molecule has 2 aromatic carbocycles. The minimum absolute atomic E-state index is 0.840. The Morgan fingerprint density at radius 2 is 1.59 bits per heavy atom. The fraction of sp³-hybridized carbons (Fsp3) is 0.105. The largest absolute Gasteiger partial charge is 0.361 e. The standard InChI is InChI=1S/C19H17ClN2/c20-19-15(13-21-17-7-3-1-4-8-17)11-12-16(19)14-22-18-9-5-2-6-10-18/h1-10,13-14,21H,11-12H2/p+1/b15-13+,22-14?. The Hall–Kier alpha value is -2.32. The van der Waals surface area contributed by atoms with E-state index in [0.717, 1.165) is 40.4 Å². The molecule has 2 aromatic rings. The van der Waals surface area contributed by atoms with Gasteiger partial charge in [0.25, 0.3) is 0 Å². The SMILES string of the molecule is ClC1=C(C=[NH+]c2ccccc2)CC/C1=C\Nc1ccccc1. The summed E-state index contributed by atoms with van der Waals surface area (Å²) in [5, 5.41) is 4.14. The number of allylic oxidation sites excluding steroid dienone is 3. The molecule has 0 aromatic heterocycles. The lowest BCUT2D eigenvalue weighted by Crippen LogP contribution is -2.61. The molecule has 1 aliphatic rings. The van der Waals surface area contributed by atoms with Crippen molar-refractivity contribution in [2.24, 2.45) is 0 Å². The summed E-state index contributed by atoms with van der Waals surface area (Å²) < 4.78 is 0. The van der Waals surface area contributed by atoms with E-state index in [9.17, 15) is 0 Å². The third-order valence-electron chi connectivity index (χ3n) is 3.60. The number of benzene rings is 2. The van der Waals surface area contributed by atoms with Crippen molar-refractivity contribution < 1.29 is 4.99 Å². The molecule has 110 valence electrons. The second-order valence-corrected chi connectivity index (χ2v) is 5.55. The van der Waals surface area contributed by atoms with Gasteiger partial charge in [0.05, 0.1) is 5.03 Å². The van der Waals surface area contributed by atoms with Gasteiger partial charge in [0.2, 0.25) is 5.69 Å². The first-order valence-electron chi connectivity index (χ1n) is 7.37. The summed E-state index contributed by atoms with van der Waals surface area (Å²) in [6, 6.07) is 20.2. The molecule has 0 heterocycles. The second-order valence-electron chi connectivity index (χ2n) is 5.17. The van der Waals surface area contributed by atoms with Gasteiger partial charge in [0, 0.05) is 29.6 Å². The lowest BCUT2D eigenvalue weighted by Gasteiger charge is -2.02. The average Bonchev–Trinajstić information content (AvgIpc) is 2.93. The first-order chi connectivity index (χ1) is 10.8. The van der Waals surface area contributed by atoms with E-state index in [4.69, 9.17) is 11.6 Å². The molecule has 22 heavy (non-hydrogen) atoms. The van der Waals surface area contributed by atoms with Crippen LogP contribution >= 0.6 is 11.6 Å². The molecule has 0 bridgehead atoms. The van der Waals surface area contributed by atoms with Crippen molar-refractivity contribution >= 4 is 29.2 Å². The van der Waals surface area contributed by atoms with E-state index >= 15 is 0 Å². The van der Waals surface area contributed by atoms with Crippen LogP contribution in [0.5, 0.6) is 0 Å². The summed E-state index contributed by atoms with van der Waals surface area (Å²) in [6.07, 6.45) is 5.92. The molecule has 0 atom stereocenters. The Morgan fingerprint density at radius 3 is 2.32 bits per heavy atom. The molecule has 2 N–H and O–H groups in total. The summed E-state index contributed by atoms with van der Waals surface area (Å²) >= 11 is 6.48. The minimum atomic E-state index is 0.840. The van der Waals surface area contributed by atoms with Crippen LogP contribution in [0.2, 0.25) is 0 Å². The number of hydrogen-bond acceptors (Lipinski definition) is 1. The molecule has 0 unspecified atom stereocenters. The van der Waals surface area contributed by atoms with Crippen molar-refractivity contribution in [1.82, 2.24) is 0 Å². The highest BCUT2D eigenvalue weighted by molar-refractivity contribution is 6.34. The average molecular weight is 310 g/mol. The predicted molar refractivity (Wildman–Crippen MR) is 93.4 cm³/mol. The number of anilines is 1. The molecule has 2 nitrogen and oxygen atoms in total. The quantitative estimate of drug-likeness (QED) is 0.827. The Balaban J connectivity index is 1.71. The summed E-state index contributed by atoms with van der Waals surface area (Å²) in [7, 11) is 0. The summed E-state index contributed by atoms with van der Waals surface area (Å²) in [5.74, 6) is 0. The normalized spacial score (nSPS) is 16.7. The maximum atomic E-state index is 6.48. The summed E-state index contributed by atoms with van der Waals surface area (Å²) in [5.41, 5.74) is 4.43. The van der Waals surface area contributed by atoms with E-state index in [1.807, 2.05) is 73.1 Å². The fourth-order valence-electron chi connectivity index (χ4n) is 2.38. The Labute approximate surface area is 135 Å². The molecule has 0 fully saturated rings. The molecule has 0 aliphatic heterocycles. The summed E-state index contributed by atoms with van der Waals surface area (Å²) in [6.45, 7) is 0. The fourth-order valence-corrected chi connectivity index (χ4v) is 2.67. The van der Waals surface area contributed by atoms with Crippen LogP contribution < -0.4 is 10.3 Å². The maximum Gasteiger partial charge on any atom is 0.203 e. The van der Waals surface area contributed by atoms with Crippen LogP contribution in [0.1, 0.15) is 12.8 Å². The number of hydrogen-bond donors (Lipinski definition) is 2. The Kier molecular flexibility index (Phi) is 4.71. The topological polar surface area (TPSA) is 26.0 Å². The number of rotatable bonds is 4. The van der Waals surface area contributed by atoms with Gasteiger partial charge >= 0.3 is 0 Å². The minimum Gasteiger partial charge on any atom is -0.361 e. The van der Waals surface area contributed by atoms with Crippen molar-refractivity contribution in [3.05, 3.63) is 83.0 Å². The molecule has 0 saturated heterocycles. The van der Waals surface area contributed by atoms with Crippen molar-refractivity contribution in [2.75, 3.05) is 5.32 Å². The molecule has 3 heteroatoms. The van der Waals surface area contributed by atoms with Gasteiger partial charge in [-0.05, 0) is 30.5 Å². The highest BCUT2D eigenvalue weighted by Crippen LogP contribution is 2.32. The molecule has 0 saturated carbocycles. The van der Waals surface area contributed by atoms with E-state index in [2.05, 4.69) is 10.3 Å². The number of para-hydroxylation sites is 2. The van der Waals surface area contributed by atoms with Crippen LogP contribution in [-0.4, -0.2) is 6.21 Å². The van der Waals surface area contributed by atoms with Crippen LogP contribution in [0.3, 0.4) is 0 Å². The summed E-state index contributed by atoms with van der Waals surface area (Å²) in [4.78, 5) is 3.30. The van der Waals surface area contributed by atoms with Crippen LogP contribution in [-0.2, 0) is 0 Å². The zero-order valence-corrected chi connectivity index (χ0v) is 13.0. The monoisotopic (exact) mass is 309 g/mol. The maximum absolute atomic E-state index is 6.48. The first kappa shape index (κ1) is 14.6. The molecule has 1 aliphatic carbocycles. The lowest BCUT2D eigenvalue weighted by atomic mass is 10.2. The molecule has 3 rings (SSSR count). The van der Waals surface area contributed by atoms with Gasteiger partial charge in [-0.3, -0.25) is 0 Å². The van der Waals surface area contributed by atoms with Crippen LogP contribution in [0.25, 0.3) is 0 Å². The van der Waals surface area contributed by atoms with Crippen molar-refractivity contribution in [1.29, 1.82) is 0 Å². The van der Waals surface area contributed by atoms with Crippen LogP contribution in [0, 0.1) is 0 Å². The molecule has 0 spiro atoms. The zero-order valence-electron chi connectivity index (χ0n) is 12.2. The molecule has 0 radical (unpaired) electrons. The van der Waals surface area contributed by atoms with E-state index in [1.165, 1.54) is 0 Å². The highest BCUT2D eigenvalue weighted by atomic mass is 35.5. The first-order valence-corrected chi connectivity index (χ1v) is 7.75. The van der Waals surface area contributed by atoms with Gasteiger partial charge in [-0.25, -0.2) is 4.99 Å². The van der Waals surface area contributed by atoms with Crippen LogP contribution in [0.15, 0.2) is 83.0 Å². The third-order valence-corrected chi connectivity index (χ3v) is 4.09. The van der Waals surface area contributed by atoms with Gasteiger partial charge in [-0.15, -0.1) is 0 Å². The Morgan fingerprint density at radius 1 is 0.909 bits per heavy atom. The van der Waals surface area contributed by atoms with Gasteiger partial charge < -0.3 is 5.32 Å².